The number of halogens is 1. The van der Waals surface area contributed by atoms with Gasteiger partial charge in [-0.05, 0) is 56.0 Å². The molecule has 1 aliphatic heterocycles. The van der Waals surface area contributed by atoms with E-state index in [2.05, 4.69) is 23.9 Å². The zero-order valence-corrected chi connectivity index (χ0v) is 14.3. The van der Waals surface area contributed by atoms with Gasteiger partial charge in [0.05, 0.1) is 4.90 Å². The van der Waals surface area contributed by atoms with Gasteiger partial charge in [0.25, 0.3) is 0 Å². The second-order valence-corrected chi connectivity index (χ2v) is 7.24. The van der Waals surface area contributed by atoms with Crippen LogP contribution in [0.3, 0.4) is 0 Å². The Morgan fingerprint density at radius 3 is 2.33 bits per heavy atom. The summed E-state index contributed by atoms with van der Waals surface area (Å²) in [6, 6.07) is 7.32. The van der Waals surface area contributed by atoms with Crippen LogP contribution < -0.4 is 10.0 Å². The zero-order chi connectivity index (χ0) is 14.6. The van der Waals surface area contributed by atoms with Crippen molar-refractivity contribution in [2.45, 2.75) is 50.0 Å². The zero-order valence-electron chi connectivity index (χ0n) is 12.6. The fourth-order valence-corrected chi connectivity index (χ4v) is 3.74. The van der Waals surface area contributed by atoms with Crippen LogP contribution in [0.2, 0.25) is 0 Å². The second-order valence-electron chi connectivity index (χ2n) is 5.52. The van der Waals surface area contributed by atoms with Crippen LogP contribution in [0.5, 0.6) is 0 Å². The fourth-order valence-electron chi connectivity index (χ4n) is 2.44. The van der Waals surface area contributed by atoms with Crippen LogP contribution in [0.1, 0.15) is 44.6 Å². The molecule has 0 saturated carbocycles. The van der Waals surface area contributed by atoms with Gasteiger partial charge in [-0.15, -0.1) is 12.4 Å². The maximum Gasteiger partial charge on any atom is 0.240 e. The number of rotatable bonds is 5. The molecule has 21 heavy (non-hydrogen) atoms. The Morgan fingerprint density at radius 2 is 1.81 bits per heavy atom. The van der Waals surface area contributed by atoms with E-state index in [4.69, 9.17) is 0 Å². The molecular formula is C15H25ClN2O2S. The van der Waals surface area contributed by atoms with E-state index in [1.54, 1.807) is 12.1 Å². The summed E-state index contributed by atoms with van der Waals surface area (Å²) in [7, 11) is -3.39. The van der Waals surface area contributed by atoms with E-state index in [0.717, 1.165) is 32.4 Å². The summed E-state index contributed by atoms with van der Waals surface area (Å²) in [5.41, 5.74) is 1.19. The Bertz CT molecular complexity index is 525. The Morgan fingerprint density at radius 1 is 1.24 bits per heavy atom. The molecule has 1 atom stereocenters. The Hall–Kier alpha value is -0.620. The van der Waals surface area contributed by atoms with Crippen molar-refractivity contribution in [1.29, 1.82) is 0 Å². The van der Waals surface area contributed by atoms with Crippen LogP contribution in [-0.2, 0) is 10.0 Å². The van der Waals surface area contributed by atoms with Crippen molar-refractivity contribution >= 4 is 22.4 Å². The quantitative estimate of drug-likeness (QED) is 0.871. The van der Waals surface area contributed by atoms with Crippen LogP contribution >= 0.6 is 12.4 Å². The molecule has 0 bridgehead atoms. The van der Waals surface area contributed by atoms with Gasteiger partial charge in [0.1, 0.15) is 0 Å². The highest BCUT2D eigenvalue weighted by molar-refractivity contribution is 7.89. The molecule has 2 N–H and O–H groups in total. The van der Waals surface area contributed by atoms with Crippen molar-refractivity contribution in [3.05, 3.63) is 29.8 Å². The average Bonchev–Trinajstić information content (AvgIpc) is 2.47. The lowest BCUT2D eigenvalue weighted by atomic mass is 9.99. The van der Waals surface area contributed by atoms with Crippen molar-refractivity contribution in [2.75, 3.05) is 13.1 Å². The minimum atomic E-state index is -3.39. The molecule has 1 unspecified atom stereocenters. The van der Waals surface area contributed by atoms with Gasteiger partial charge in [0.15, 0.2) is 0 Å². The third-order valence-corrected chi connectivity index (χ3v) is 5.57. The summed E-state index contributed by atoms with van der Waals surface area (Å²) < 4.78 is 27.4. The van der Waals surface area contributed by atoms with Gasteiger partial charge in [-0.1, -0.05) is 26.0 Å². The number of nitrogens with one attached hydrogen (secondary N) is 2. The summed E-state index contributed by atoms with van der Waals surface area (Å²) in [4.78, 5) is 0.364. The largest absolute Gasteiger partial charge is 0.317 e. The summed E-state index contributed by atoms with van der Waals surface area (Å²) >= 11 is 0. The van der Waals surface area contributed by atoms with Crippen molar-refractivity contribution in [1.82, 2.24) is 10.0 Å². The molecule has 4 nitrogen and oxygen atoms in total. The van der Waals surface area contributed by atoms with E-state index in [0.29, 0.717) is 10.8 Å². The van der Waals surface area contributed by atoms with E-state index in [9.17, 15) is 8.42 Å². The Balaban J connectivity index is 0.00000220. The van der Waals surface area contributed by atoms with Gasteiger partial charge in [-0.3, -0.25) is 0 Å². The molecule has 1 aliphatic rings. The molecule has 0 radical (unpaired) electrons. The Kier molecular flexibility index (Phi) is 7.13. The van der Waals surface area contributed by atoms with E-state index >= 15 is 0 Å². The van der Waals surface area contributed by atoms with Crippen LogP contribution in [0, 0.1) is 0 Å². The minimum absolute atomic E-state index is 0. The lowest BCUT2D eigenvalue weighted by molar-refractivity contribution is 0.427. The topological polar surface area (TPSA) is 58.2 Å². The SMILES string of the molecule is CCC(C)c1ccc(S(=O)(=O)NC2CCNCC2)cc1.Cl. The van der Waals surface area contributed by atoms with Crippen molar-refractivity contribution in [2.24, 2.45) is 0 Å². The predicted molar refractivity (Wildman–Crippen MR) is 88.6 cm³/mol. The molecule has 2 rings (SSSR count). The van der Waals surface area contributed by atoms with Gasteiger partial charge in [-0.2, -0.15) is 0 Å². The maximum atomic E-state index is 12.3. The summed E-state index contributed by atoms with van der Waals surface area (Å²) in [5, 5.41) is 3.23. The normalized spacial score (nSPS) is 18.0. The monoisotopic (exact) mass is 332 g/mol. The molecule has 0 spiro atoms. The summed E-state index contributed by atoms with van der Waals surface area (Å²) in [6.45, 7) is 6.03. The molecule has 1 aromatic rings. The van der Waals surface area contributed by atoms with Gasteiger partial charge in [0, 0.05) is 6.04 Å². The minimum Gasteiger partial charge on any atom is -0.317 e. The third-order valence-electron chi connectivity index (χ3n) is 4.03. The molecule has 1 saturated heterocycles. The van der Waals surface area contributed by atoms with Gasteiger partial charge < -0.3 is 5.32 Å². The molecule has 0 aliphatic carbocycles. The summed E-state index contributed by atoms with van der Waals surface area (Å²) in [6.07, 6.45) is 2.76. The highest BCUT2D eigenvalue weighted by Gasteiger charge is 2.21. The first-order valence-corrected chi connectivity index (χ1v) is 8.84. The maximum absolute atomic E-state index is 12.3. The van der Waals surface area contributed by atoms with Gasteiger partial charge >= 0.3 is 0 Å². The van der Waals surface area contributed by atoms with Crippen LogP contribution in [0.4, 0.5) is 0 Å². The summed E-state index contributed by atoms with van der Waals surface area (Å²) in [5.74, 6) is 0.462. The highest BCUT2D eigenvalue weighted by atomic mass is 35.5. The molecule has 6 heteroatoms. The van der Waals surface area contributed by atoms with Crippen LogP contribution in [0.25, 0.3) is 0 Å². The van der Waals surface area contributed by atoms with Gasteiger partial charge in [-0.25, -0.2) is 13.1 Å². The lowest BCUT2D eigenvalue weighted by Gasteiger charge is -2.23. The fraction of sp³-hybridized carbons (Fsp3) is 0.600. The van der Waals surface area contributed by atoms with Gasteiger partial charge in [0.2, 0.25) is 10.0 Å². The third kappa shape index (κ3) is 4.95. The molecule has 1 fully saturated rings. The standard InChI is InChI=1S/C15H24N2O2S.ClH/c1-3-12(2)13-4-6-15(7-5-13)20(18,19)17-14-8-10-16-11-9-14;/h4-7,12,14,16-17H,3,8-11H2,1-2H3;1H. The number of benzene rings is 1. The molecular weight excluding hydrogens is 308 g/mol. The highest BCUT2D eigenvalue weighted by Crippen LogP contribution is 2.20. The first-order chi connectivity index (χ1) is 9.53. The molecule has 1 aromatic carbocycles. The van der Waals surface area contributed by atoms with Crippen LogP contribution in [-0.4, -0.2) is 27.5 Å². The smallest absolute Gasteiger partial charge is 0.240 e. The van der Waals surface area contributed by atoms with Crippen molar-refractivity contribution < 1.29 is 8.42 Å². The van der Waals surface area contributed by atoms with Crippen molar-refractivity contribution in [3.8, 4) is 0 Å². The molecule has 1 heterocycles. The Labute approximate surface area is 134 Å². The number of sulfonamides is 1. The van der Waals surface area contributed by atoms with E-state index in [-0.39, 0.29) is 18.4 Å². The molecule has 0 amide bonds. The van der Waals surface area contributed by atoms with E-state index in [1.807, 2.05) is 12.1 Å². The number of hydrogen-bond donors (Lipinski definition) is 2. The van der Waals surface area contributed by atoms with E-state index in [1.165, 1.54) is 5.56 Å². The molecule has 120 valence electrons. The number of piperidine rings is 1. The lowest BCUT2D eigenvalue weighted by Crippen LogP contribution is -2.42. The molecule has 0 aromatic heterocycles. The van der Waals surface area contributed by atoms with Crippen LogP contribution in [0.15, 0.2) is 29.2 Å². The second kappa shape index (κ2) is 8.13. The average molecular weight is 333 g/mol. The first kappa shape index (κ1) is 18.4. The van der Waals surface area contributed by atoms with Crippen molar-refractivity contribution in [3.63, 3.8) is 0 Å². The number of hydrogen-bond acceptors (Lipinski definition) is 3. The first-order valence-electron chi connectivity index (χ1n) is 7.36. The predicted octanol–water partition coefficient (Wildman–Crippen LogP) is 2.65. The van der Waals surface area contributed by atoms with E-state index < -0.39 is 10.0 Å².